The van der Waals surface area contributed by atoms with Crippen LogP contribution in [0.2, 0.25) is 5.02 Å². The van der Waals surface area contributed by atoms with Gasteiger partial charge < -0.3 is 5.32 Å². The molecule has 0 aromatic heterocycles. The van der Waals surface area contributed by atoms with Crippen molar-refractivity contribution in [1.29, 1.82) is 0 Å². The van der Waals surface area contributed by atoms with E-state index in [1.807, 2.05) is 0 Å². The smallest absolute Gasteiger partial charge is 0.263 e. The molecule has 0 saturated carbocycles. The first-order valence-corrected chi connectivity index (χ1v) is 8.68. The summed E-state index contributed by atoms with van der Waals surface area (Å²) in [5, 5.41) is 12.0. The van der Waals surface area contributed by atoms with Crippen molar-refractivity contribution in [2.24, 2.45) is 10.3 Å². The zero-order valence-electron chi connectivity index (χ0n) is 14.3. The predicted molar refractivity (Wildman–Crippen MR) is 98.1 cm³/mol. The topological polar surface area (TPSA) is 94.4 Å². The van der Waals surface area contributed by atoms with Crippen LogP contribution in [-0.2, 0) is 14.4 Å². The van der Waals surface area contributed by atoms with Gasteiger partial charge in [0.15, 0.2) is 12.1 Å². The zero-order valence-corrected chi connectivity index (χ0v) is 15.0. The lowest BCUT2D eigenvalue weighted by atomic mass is 10.1. The van der Waals surface area contributed by atoms with E-state index in [0.29, 0.717) is 10.7 Å². The molecule has 4 rings (SSSR count). The van der Waals surface area contributed by atoms with E-state index in [1.54, 1.807) is 24.3 Å². The van der Waals surface area contributed by atoms with E-state index in [2.05, 4.69) is 15.7 Å². The lowest BCUT2D eigenvalue weighted by Crippen LogP contribution is -2.43. The molecule has 2 aromatic carbocycles. The van der Waals surface area contributed by atoms with Crippen LogP contribution in [0, 0.1) is 5.82 Å². The maximum atomic E-state index is 13.1. The summed E-state index contributed by atoms with van der Waals surface area (Å²) >= 11 is 5.81. The van der Waals surface area contributed by atoms with Crippen LogP contribution in [0.5, 0.6) is 0 Å². The number of imide groups is 1. The first-order valence-electron chi connectivity index (χ1n) is 8.30. The molecule has 0 radical (unpaired) electrons. The highest BCUT2D eigenvalue weighted by Gasteiger charge is 2.55. The number of nitrogens with one attached hydrogen (secondary N) is 1. The molecule has 3 amide bonds. The Kier molecular flexibility index (Phi) is 4.52. The van der Waals surface area contributed by atoms with Crippen molar-refractivity contribution in [3.63, 3.8) is 0 Å². The number of amides is 3. The lowest BCUT2D eigenvalue weighted by molar-refractivity contribution is -0.123. The average molecular weight is 402 g/mol. The molecule has 2 aliphatic heterocycles. The largest absolute Gasteiger partial charge is 0.324 e. The van der Waals surface area contributed by atoms with E-state index < -0.39 is 35.6 Å². The minimum absolute atomic E-state index is 0.242. The van der Waals surface area contributed by atoms with E-state index in [4.69, 9.17) is 11.6 Å². The Labute approximate surface area is 163 Å². The molecule has 0 unspecified atom stereocenters. The molecule has 1 fully saturated rings. The summed E-state index contributed by atoms with van der Waals surface area (Å²) in [5.41, 5.74) is 0.774. The predicted octanol–water partition coefficient (Wildman–Crippen LogP) is 2.41. The molecule has 142 valence electrons. The van der Waals surface area contributed by atoms with Gasteiger partial charge in [0, 0.05) is 10.7 Å². The summed E-state index contributed by atoms with van der Waals surface area (Å²) in [6, 6.07) is 9.47. The summed E-state index contributed by atoms with van der Waals surface area (Å²) in [4.78, 5) is 38.6. The molecule has 1 saturated heterocycles. The van der Waals surface area contributed by atoms with Gasteiger partial charge in [-0.1, -0.05) is 16.8 Å². The molecule has 2 aliphatic rings. The van der Waals surface area contributed by atoms with Gasteiger partial charge in [-0.15, -0.1) is 0 Å². The zero-order chi connectivity index (χ0) is 19.8. The molecule has 2 aromatic rings. The van der Waals surface area contributed by atoms with Crippen LogP contribution in [-0.4, -0.2) is 41.4 Å². The molecule has 1 N–H and O–H groups in total. The van der Waals surface area contributed by atoms with Crippen molar-refractivity contribution in [3.8, 4) is 0 Å². The number of carbonyl (C=O) groups excluding carboxylic acids is 3. The van der Waals surface area contributed by atoms with Crippen molar-refractivity contribution < 1.29 is 18.8 Å². The van der Waals surface area contributed by atoms with E-state index in [-0.39, 0.29) is 12.2 Å². The SMILES string of the molecule is O=C(CN1N=N[C@H]2C(=O)N(c3ccc(F)cc3)C(=O)[C@H]21)Nc1ccc(Cl)cc1. The number of carbonyl (C=O) groups is 3. The Morgan fingerprint density at radius 3 is 2.43 bits per heavy atom. The van der Waals surface area contributed by atoms with Gasteiger partial charge in [-0.2, -0.15) is 5.11 Å². The van der Waals surface area contributed by atoms with Crippen molar-refractivity contribution in [3.05, 3.63) is 59.4 Å². The summed E-state index contributed by atoms with van der Waals surface area (Å²) < 4.78 is 13.1. The van der Waals surface area contributed by atoms with Crippen LogP contribution < -0.4 is 10.2 Å². The highest BCUT2D eigenvalue weighted by atomic mass is 35.5. The Bertz CT molecular complexity index is 980. The van der Waals surface area contributed by atoms with Crippen LogP contribution >= 0.6 is 11.6 Å². The molecule has 0 aliphatic carbocycles. The molecule has 2 heterocycles. The van der Waals surface area contributed by atoms with Crippen LogP contribution in [0.15, 0.2) is 58.9 Å². The quantitative estimate of drug-likeness (QED) is 0.796. The molecular weight excluding hydrogens is 389 g/mol. The van der Waals surface area contributed by atoms with Gasteiger partial charge >= 0.3 is 0 Å². The standard InChI is InChI=1S/C18H13ClFN5O3/c19-10-1-5-12(6-2-10)21-14(26)9-24-16-15(22-23-24)17(27)25(18(16)28)13-7-3-11(20)4-8-13/h1-8,15-16H,9H2,(H,21,26)/t15-,16+/m1/s1. The minimum atomic E-state index is -1.03. The number of halogens is 2. The van der Waals surface area contributed by atoms with Crippen molar-refractivity contribution in [1.82, 2.24) is 5.01 Å². The number of fused-ring (bicyclic) bond motifs is 1. The molecule has 8 nitrogen and oxygen atoms in total. The first-order chi connectivity index (χ1) is 13.4. The third-order valence-electron chi connectivity index (χ3n) is 4.38. The second-order valence-corrected chi connectivity index (χ2v) is 6.67. The number of anilines is 2. The van der Waals surface area contributed by atoms with Crippen molar-refractivity contribution >= 4 is 40.7 Å². The summed E-state index contributed by atoms with van der Waals surface area (Å²) in [5.74, 6) is -2.04. The second kappa shape index (κ2) is 7.01. The Balaban J connectivity index is 1.48. The van der Waals surface area contributed by atoms with Crippen LogP contribution in [0.25, 0.3) is 0 Å². The Morgan fingerprint density at radius 1 is 1.07 bits per heavy atom. The maximum absolute atomic E-state index is 13.1. The monoisotopic (exact) mass is 401 g/mol. The van der Waals surface area contributed by atoms with Gasteiger partial charge in [0.25, 0.3) is 11.8 Å². The van der Waals surface area contributed by atoms with Gasteiger partial charge in [0.1, 0.15) is 12.4 Å². The van der Waals surface area contributed by atoms with Gasteiger partial charge in [-0.3, -0.25) is 19.4 Å². The van der Waals surface area contributed by atoms with Gasteiger partial charge in [0.05, 0.1) is 5.69 Å². The summed E-state index contributed by atoms with van der Waals surface area (Å²) in [6.45, 7) is -0.260. The van der Waals surface area contributed by atoms with E-state index in [9.17, 15) is 18.8 Å². The average Bonchev–Trinajstić information content (AvgIpc) is 3.18. The fourth-order valence-corrected chi connectivity index (χ4v) is 3.21. The van der Waals surface area contributed by atoms with Crippen molar-refractivity contribution in [2.75, 3.05) is 16.8 Å². The van der Waals surface area contributed by atoms with E-state index in [0.717, 1.165) is 17.0 Å². The third kappa shape index (κ3) is 3.20. The first kappa shape index (κ1) is 18.1. The molecule has 28 heavy (non-hydrogen) atoms. The number of rotatable bonds is 4. The second-order valence-electron chi connectivity index (χ2n) is 6.24. The molecule has 2 atom stereocenters. The van der Waals surface area contributed by atoms with E-state index >= 15 is 0 Å². The van der Waals surface area contributed by atoms with Crippen LogP contribution in [0.3, 0.4) is 0 Å². The number of benzene rings is 2. The van der Waals surface area contributed by atoms with Crippen LogP contribution in [0.1, 0.15) is 0 Å². The van der Waals surface area contributed by atoms with E-state index in [1.165, 1.54) is 17.1 Å². The number of nitrogens with zero attached hydrogens (tertiary/aromatic N) is 4. The van der Waals surface area contributed by atoms with Gasteiger partial charge in [-0.25, -0.2) is 9.29 Å². The number of hydrogen-bond donors (Lipinski definition) is 1. The number of hydrogen-bond acceptors (Lipinski definition) is 6. The third-order valence-corrected chi connectivity index (χ3v) is 4.63. The Morgan fingerprint density at radius 2 is 1.75 bits per heavy atom. The highest BCUT2D eigenvalue weighted by Crippen LogP contribution is 2.31. The van der Waals surface area contributed by atoms with Crippen LogP contribution in [0.4, 0.5) is 15.8 Å². The molecule has 10 heteroatoms. The molecule has 0 bridgehead atoms. The summed E-state index contributed by atoms with van der Waals surface area (Å²) in [6.07, 6.45) is 0. The highest BCUT2D eigenvalue weighted by molar-refractivity contribution is 6.30. The maximum Gasteiger partial charge on any atom is 0.263 e. The minimum Gasteiger partial charge on any atom is -0.324 e. The lowest BCUT2D eigenvalue weighted by Gasteiger charge is -2.20. The van der Waals surface area contributed by atoms with Gasteiger partial charge in [0.2, 0.25) is 5.91 Å². The Hall–Kier alpha value is -3.33. The fourth-order valence-electron chi connectivity index (χ4n) is 3.08. The van der Waals surface area contributed by atoms with Crippen molar-refractivity contribution in [2.45, 2.75) is 12.1 Å². The molecular formula is C18H13ClFN5O3. The molecule has 0 spiro atoms. The summed E-state index contributed by atoms with van der Waals surface area (Å²) in [7, 11) is 0. The van der Waals surface area contributed by atoms with Gasteiger partial charge in [-0.05, 0) is 48.5 Å². The fraction of sp³-hybridized carbons (Fsp3) is 0.167. The normalized spacial score (nSPS) is 20.6.